The van der Waals surface area contributed by atoms with E-state index >= 15 is 0 Å². The molecule has 1 aromatic carbocycles. The first-order valence-electron chi connectivity index (χ1n) is 6.50. The number of amides is 1. The van der Waals surface area contributed by atoms with Gasteiger partial charge >= 0.3 is 0 Å². The summed E-state index contributed by atoms with van der Waals surface area (Å²) >= 11 is 0. The minimum absolute atomic E-state index is 0.207. The second-order valence-electron chi connectivity index (χ2n) is 4.68. The normalized spacial score (nSPS) is 10.5. The number of aromatic nitrogens is 2. The number of carbonyl (C=O) groups excluding carboxylic acids is 1. The van der Waals surface area contributed by atoms with Crippen molar-refractivity contribution >= 4 is 22.5 Å². The molecule has 1 amide bonds. The van der Waals surface area contributed by atoms with Gasteiger partial charge in [-0.15, -0.1) is 0 Å². The highest BCUT2D eigenvalue weighted by Gasteiger charge is 2.12. The molecule has 5 nitrogen and oxygen atoms in total. The van der Waals surface area contributed by atoms with Gasteiger partial charge < -0.3 is 10.3 Å². The third-order valence-corrected chi connectivity index (χ3v) is 3.13. The Bertz CT molecular complexity index is 884. The lowest BCUT2D eigenvalue weighted by Crippen LogP contribution is -2.13. The number of H-pyrrole nitrogens is 1. The SMILES string of the molecule is CC(=O)Nc1cccnc1-c1cc2ccccc2[nH]c1=O. The highest BCUT2D eigenvalue weighted by molar-refractivity contribution is 5.94. The molecule has 2 N–H and O–H groups in total. The fraction of sp³-hybridized carbons (Fsp3) is 0.0625. The predicted octanol–water partition coefficient (Wildman–Crippen LogP) is 2.55. The molecule has 3 rings (SSSR count). The summed E-state index contributed by atoms with van der Waals surface area (Å²) in [5.74, 6) is -0.207. The number of rotatable bonds is 2. The van der Waals surface area contributed by atoms with Crippen LogP contribution in [0.1, 0.15) is 6.92 Å². The van der Waals surface area contributed by atoms with Crippen LogP contribution in [0.3, 0.4) is 0 Å². The lowest BCUT2D eigenvalue weighted by atomic mass is 10.1. The van der Waals surface area contributed by atoms with Gasteiger partial charge in [0.1, 0.15) is 0 Å². The van der Waals surface area contributed by atoms with Crippen molar-refractivity contribution in [3.05, 3.63) is 59.0 Å². The molecule has 5 heteroatoms. The van der Waals surface area contributed by atoms with E-state index in [1.807, 2.05) is 24.3 Å². The number of aromatic amines is 1. The van der Waals surface area contributed by atoms with Gasteiger partial charge in [0, 0.05) is 18.6 Å². The molecule has 0 fully saturated rings. The molecule has 21 heavy (non-hydrogen) atoms. The van der Waals surface area contributed by atoms with Gasteiger partial charge in [-0.25, -0.2) is 0 Å². The highest BCUT2D eigenvalue weighted by Crippen LogP contribution is 2.24. The van der Waals surface area contributed by atoms with Gasteiger partial charge in [-0.3, -0.25) is 14.6 Å². The molecule has 0 spiro atoms. The minimum atomic E-state index is -0.237. The maximum absolute atomic E-state index is 12.3. The molecule has 0 aliphatic rings. The molecule has 0 atom stereocenters. The van der Waals surface area contributed by atoms with Crippen LogP contribution < -0.4 is 10.9 Å². The summed E-state index contributed by atoms with van der Waals surface area (Å²) in [4.78, 5) is 30.6. The standard InChI is InChI=1S/C16H13N3O2/c1-10(20)18-14-7-4-8-17-15(14)12-9-11-5-2-3-6-13(11)19-16(12)21/h2-9H,1H3,(H,18,20)(H,19,21). The average Bonchev–Trinajstić information content (AvgIpc) is 2.47. The van der Waals surface area contributed by atoms with Gasteiger partial charge in [-0.05, 0) is 29.7 Å². The fourth-order valence-electron chi connectivity index (χ4n) is 2.23. The summed E-state index contributed by atoms with van der Waals surface area (Å²) in [6.07, 6.45) is 1.59. The summed E-state index contributed by atoms with van der Waals surface area (Å²) in [6.45, 7) is 1.42. The first kappa shape index (κ1) is 13.1. The summed E-state index contributed by atoms with van der Waals surface area (Å²) in [7, 11) is 0. The van der Waals surface area contributed by atoms with Crippen molar-refractivity contribution in [2.24, 2.45) is 0 Å². The molecule has 0 unspecified atom stereocenters. The molecular formula is C16H13N3O2. The van der Waals surface area contributed by atoms with Crippen LogP contribution in [-0.4, -0.2) is 15.9 Å². The van der Waals surface area contributed by atoms with E-state index in [-0.39, 0.29) is 11.5 Å². The highest BCUT2D eigenvalue weighted by atomic mass is 16.1. The Balaban J connectivity index is 2.23. The molecule has 2 heterocycles. The Morgan fingerprint density at radius 3 is 2.81 bits per heavy atom. The molecule has 3 aromatic rings. The van der Waals surface area contributed by atoms with Crippen LogP contribution in [0, 0.1) is 0 Å². The minimum Gasteiger partial charge on any atom is -0.324 e. The first-order chi connectivity index (χ1) is 10.1. The first-order valence-corrected chi connectivity index (χ1v) is 6.50. The Morgan fingerprint density at radius 1 is 1.19 bits per heavy atom. The van der Waals surface area contributed by atoms with Crippen molar-refractivity contribution in [2.45, 2.75) is 6.92 Å². The monoisotopic (exact) mass is 279 g/mol. The number of pyridine rings is 2. The Labute approximate surface area is 120 Å². The summed E-state index contributed by atoms with van der Waals surface area (Å²) < 4.78 is 0. The predicted molar refractivity (Wildman–Crippen MR) is 82.1 cm³/mol. The fourth-order valence-corrected chi connectivity index (χ4v) is 2.23. The Hall–Kier alpha value is -2.95. The number of nitrogens with zero attached hydrogens (tertiary/aromatic N) is 1. The number of fused-ring (bicyclic) bond motifs is 1. The number of carbonyl (C=O) groups is 1. The van der Waals surface area contributed by atoms with Crippen molar-refractivity contribution in [3.63, 3.8) is 0 Å². The molecule has 0 bridgehead atoms. The summed E-state index contributed by atoms with van der Waals surface area (Å²) in [6, 6.07) is 12.7. The molecular weight excluding hydrogens is 266 g/mol. The van der Waals surface area contributed by atoms with Crippen molar-refractivity contribution in [3.8, 4) is 11.3 Å². The van der Waals surface area contributed by atoms with Gasteiger partial charge in [0.15, 0.2) is 0 Å². The van der Waals surface area contributed by atoms with Crippen LogP contribution in [0.2, 0.25) is 0 Å². The van der Waals surface area contributed by atoms with E-state index in [2.05, 4.69) is 15.3 Å². The number of benzene rings is 1. The molecule has 0 saturated heterocycles. The van der Waals surface area contributed by atoms with Crippen LogP contribution in [0.25, 0.3) is 22.2 Å². The van der Waals surface area contributed by atoms with Crippen LogP contribution in [-0.2, 0) is 4.79 Å². The molecule has 0 aliphatic carbocycles. The number of para-hydroxylation sites is 1. The molecule has 104 valence electrons. The number of hydrogen-bond donors (Lipinski definition) is 2. The second-order valence-corrected chi connectivity index (χ2v) is 4.68. The lowest BCUT2D eigenvalue weighted by Gasteiger charge is -2.09. The van der Waals surface area contributed by atoms with E-state index < -0.39 is 0 Å². The number of hydrogen-bond acceptors (Lipinski definition) is 3. The summed E-state index contributed by atoms with van der Waals surface area (Å²) in [5, 5.41) is 3.60. The molecule has 0 radical (unpaired) electrons. The van der Waals surface area contributed by atoms with E-state index in [1.165, 1.54) is 6.92 Å². The molecule has 0 aliphatic heterocycles. The second kappa shape index (κ2) is 5.20. The van der Waals surface area contributed by atoms with Crippen molar-refractivity contribution in [2.75, 3.05) is 5.32 Å². The van der Waals surface area contributed by atoms with Crippen molar-refractivity contribution in [1.82, 2.24) is 9.97 Å². The quantitative estimate of drug-likeness (QED) is 0.757. The van der Waals surface area contributed by atoms with E-state index in [9.17, 15) is 9.59 Å². The van der Waals surface area contributed by atoms with Gasteiger partial charge in [0.25, 0.3) is 5.56 Å². The molecule has 0 saturated carbocycles. The third kappa shape index (κ3) is 2.53. The van der Waals surface area contributed by atoms with Crippen molar-refractivity contribution < 1.29 is 4.79 Å². The summed E-state index contributed by atoms with van der Waals surface area (Å²) in [5.41, 5.74) is 1.94. The topological polar surface area (TPSA) is 74.8 Å². The smallest absolute Gasteiger partial charge is 0.257 e. The molecule has 2 aromatic heterocycles. The van der Waals surface area contributed by atoms with Gasteiger partial charge in [0.05, 0.1) is 16.9 Å². The van der Waals surface area contributed by atoms with Crippen LogP contribution >= 0.6 is 0 Å². The van der Waals surface area contributed by atoms with Gasteiger partial charge in [0.2, 0.25) is 5.91 Å². The number of anilines is 1. The largest absolute Gasteiger partial charge is 0.324 e. The Morgan fingerprint density at radius 2 is 2.00 bits per heavy atom. The van der Waals surface area contributed by atoms with E-state index in [0.29, 0.717) is 16.9 Å². The van der Waals surface area contributed by atoms with Gasteiger partial charge in [-0.1, -0.05) is 18.2 Å². The maximum atomic E-state index is 12.3. The van der Waals surface area contributed by atoms with E-state index in [0.717, 1.165) is 10.9 Å². The van der Waals surface area contributed by atoms with E-state index in [4.69, 9.17) is 0 Å². The zero-order chi connectivity index (χ0) is 14.8. The van der Waals surface area contributed by atoms with Crippen LogP contribution in [0.5, 0.6) is 0 Å². The third-order valence-electron chi connectivity index (χ3n) is 3.13. The maximum Gasteiger partial charge on any atom is 0.257 e. The van der Waals surface area contributed by atoms with E-state index in [1.54, 1.807) is 24.4 Å². The Kier molecular flexibility index (Phi) is 3.23. The average molecular weight is 279 g/mol. The van der Waals surface area contributed by atoms with Gasteiger partial charge in [-0.2, -0.15) is 0 Å². The van der Waals surface area contributed by atoms with Crippen molar-refractivity contribution in [1.29, 1.82) is 0 Å². The zero-order valence-electron chi connectivity index (χ0n) is 11.4. The van der Waals surface area contributed by atoms with Crippen LogP contribution in [0.15, 0.2) is 53.5 Å². The van der Waals surface area contributed by atoms with Crippen LogP contribution in [0.4, 0.5) is 5.69 Å². The number of nitrogens with one attached hydrogen (secondary N) is 2. The zero-order valence-corrected chi connectivity index (χ0v) is 11.4. The lowest BCUT2D eigenvalue weighted by molar-refractivity contribution is -0.114.